The summed E-state index contributed by atoms with van der Waals surface area (Å²) < 4.78 is 19.7. The summed E-state index contributed by atoms with van der Waals surface area (Å²) in [4.78, 5) is 0. The number of fused-ring (bicyclic) bond motifs is 4. The molecule has 2 saturated carbocycles. The molecule has 4 aliphatic rings. The van der Waals surface area contributed by atoms with Crippen LogP contribution in [0.15, 0.2) is 0 Å². The van der Waals surface area contributed by atoms with Gasteiger partial charge in [-0.2, -0.15) is 0 Å². The van der Waals surface area contributed by atoms with Crippen molar-refractivity contribution in [1.82, 2.24) is 0 Å². The van der Waals surface area contributed by atoms with Crippen LogP contribution < -0.4 is 0 Å². The normalized spacial score (nSPS) is 51.6. The van der Waals surface area contributed by atoms with Crippen LogP contribution >= 0.6 is 0 Å². The molecule has 0 radical (unpaired) electrons. The first-order valence-corrected chi connectivity index (χ1v) is 13.3. The lowest BCUT2D eigenvalue weighted by Crippen LogP contribution is -2.59. The Morgan fingerprint density at radius 2 is 1.56 bits per heavy atom. The number of hydrogen-bond acceptors (Lipinski definition) is 3. The van der Waals surface area contributed by atoms with Crippen LogP contribution in [0.1, 0.15) is 61.3 Å². The summed E-state index contributed by atoms with van der Waals surface area (Å²) in [6.07, 6.45) is 3.43. The Morgan fingerprint density at radius 1 is 1.00 bits per heavy atom. The van der Waals surface area contributed by atoms with Crippen molar-refractivity contribution in [2.24, 2.45) is 23.7 Å². The van der Waals surface area contributed by atoms with Gasteiger partial charge in [0.2, 0.25) is 0 Å². The zero-order valence-electron chi connectivity index (χ0n) is 17.7. The molecule has 144 valence electrons. The smallest absolute Gasteiger partial charge is 0.192 e. The van der Waals surface area contributed by atoms with Gasteiger partial charge in [0, 0.05) is 0 Å². The van der Waals surface area contributed by atoms with Gasteiger partial charge in [0.05, 0.1) is 23.9 Å². The van der Waals surface area contributed by atoms with E-state index in [4.69, 9.17) is 13.9 Å². The van der Waals surface area contributed by atoms with E-state index in [0.29, 0.717) is 35.9 Å². The van der Waals surface area contributed by atoms with Crippen molar-refractivity contribution < 1.29 is 13.9 Å². The SMILES string of the molecule is CC(C)[C@@H]1C[C@@H]2O[C@]2(C)[C@@H]2C[C@@H]3O[C@]3(C)[C@@H](O[Si](C)(C)C(C)(C)C)C12. The molecular formula is C21H38O3Si. The van der Waals surface area contributed by atoms with Gasteiger partial charge >= 0.3 is 0 Å². The lowest BCUT2D eigenvalue weighted by atomic mass is 9.56. The average Bonchev–Trinajstić information content (AvgIpc) is 3.31. The van der Waals surface area contributed by atoms with E-state index in [1.165, 1.54) is 6.42 Å². The third kappa shape index (κ3) is 2.54. The lowest BCUT2D eigenvalue weighted by molar-refractivity contribution is -0.0532. The molecule has 0 aromatic rings. The topological polar surface area (TPSA) is 34.3 Å². The summed E-state index contributed by atoms with van der Waals surface area (Å²) in [7, 11) is -1.85. The quantitative estimate of drug-likeness (QED) is 0.520. The van der Waals surface area contributed by atoms with Crippen molar-refractivity contribution in [1.29, 1.82) is 0 Å². The summed E-state index contributed by atoms with van der Waals surface area (Å²) in [6, 6.07) is 0. The van der Waals surface area contributed by atoms with Crippen LogP contribution in [0.3, 0.4) is 0 Å². The Kier molecular flexibility index (Phi) is 3.78. The summed E-state index contributed by atoms with van der Waals surface area (Å²) in [5.74, 6) is 2.52. The molecular weight excluding hydrogens is 328 g/mol. The highest BCUT2D eigenvalue weighted by molar-refractivity contribution is 6.74. The molecule has 1 unspecified atom stereocenters. The third-order valence-electron chi connectivity index (χ3n) is 8.60. The molecule has 4 heteroatoms. The first-order valence-electron chi connectivity index (χ1n) is 10.3. The maximum atomic E-state index is 7.12. The average molecular weight is 367 g/mol. The van der Waals surface area contributed by atoms with E-state index in [1.54, 1.807) is 0 Å². The van der Waals surface area contributed by atoms with Crippen LogP contribution in [0.5, 0.6) is 0 Å². The van der Waals surface area contributed by atoms with Gasteiger partial charge in [-0.25, -0.2) is 0 Å². The molecule has 0 spiro atoms. The van der Waals surface area contributed by atoms with Crippen LogP contribution in [0.25, 0.3) is 0 Å². The molecule has 0 aromatic heterocycles. The van der Waals surface area contributed by atoms with Crippen LogP contribution in [0, 0.1) is 23.7 Å². The van der Waals surface area contributed by atoms with Gasteiger partial charge in [-0.15, -0.1) is 0 Å². The van der Waals surface area contributed by atoms with E-state index in [2.05, 4.69) is 61.6 Å². The van der Waals surface area contributed by atoms with Crippen LogP contribution in [0.2, 0.25) is 18.1 Å². The highest BCUT2D eigenvalue weighted by Crippen LogP contribution is 2.66. The molecule has 3 nitrogen and oxygen atoms in total. The molecule has 0 N–H and O–H groups in total. The van der Waals surface area contributed by atoms with Gasteiger partial charge in [0.1, 0.15) is 5.60 Å². The predicted octanol–water partition coefficient (Wildman–Crippen LogP) is 5.00. The maximum absolute atomic E-state index is 7.12. The monoisotopic (exact) mass is 366 g/mol. The van der Waals surface area contributed by atoms with E-state index in [1.807, 2.05) is 0 Å². The molecule has 25 heavy (non-hydrogen) atoms. The van der Waals surface area contributed by atoms with Crippen molar-refractivity contribution in [3.05, 3.63) is 0 Å². The zero-order valence-corrected chi connectivity index (χ0v) is 18.7. The van der Waals surface area contributed by atoms with Crippen molar-refractivity contribution in [3.63, 3.8) is 0 Å². The van der Waals surface area contributed by atoms with E-state index < -0.39 is 8.32 Å². The van der Waals surface area contributed by atoms with E-state index in [-0.39, 0.29) is 22.3 Å². The minimum absolute atomic E-state index is 0.0675. The molecule has 2 aliphatic heterocycles. The Balaban J connectivity index is 1.70. The molecule has 2 saturated heterocycles. The lowest BCUT2D eigenvalue weighted by Gasteiger charge is -2.52. The molecule has 2 heterocycles. The number of rotatable bonds is 3. The van der Waals surface area contributed by atoms with Gasteiger partial charge in [0.15, 0.2) is 8.32 Å². The molecule has 0 aromatic carbocycles. The van der Waals surface area contributed by atoms with Gasteiger partial charge in [0.25, 0.3) is 0 Å². The minimum Gasteiger partial charge on any atom is -0.411 e. The van der Waals surface area contributed by atoms with Crippen molar-refractivity contribution in [2.75, 3.05) is 0 Å². The largest absolute Gasteiger partial charge is 0.411 e. The Bertz CT molecular complexity index is 568. The van der Waals surface area contributed by atoms with Gasteiger partial charge in [-0.05, 0) is 68.5 Å². The number of hydrogen-bond donors (Lipinski definition) is 0. The Morgan fingerprint density at radius 3 is 2.12 bits per heavy atom. The summed E-state index contributed by atoms with van der Waals surface area (Å²) in [6.45, 7) is 21.2. The summed E-state index contributed by atoms with van der Waals surface area (Å²) in [5, 5.41) is 0.227. The van der Waals surface area contributed by atoms with Gasteiger partial charge in [-0.1, -0.05) is 34.6 Å². The standard InChI is InChI=1S/C21H38O3Si/c1-12(2)13-10-15-20(6,22-15)14-11-16-21(7,23-16)18(17(13)14)24-25(8,9)19(3,4)5/h12-18H,10-11H2,1-9H3/t13-,14+,15-,16-,17?,18-,20+,21-/m0/s1. The minimum atomic E-state index is -1.85. The van der Waals surface area contributed by atoms with Gasteiger partial charge < -0.3 is 13.9 Å². The second-order valence-corrected chi connectivity index (χ2v) is 16.2. The first-order chi connectivity index (χ1) is 11.3. The fraction of sp³-hybridized carbons (Fsp3) is 1.00. The van der Waals surface area contributed by atoms with E-state index in [9.17, 15) is 0 Å². The maximum Gasteiger partial charge on any atom is 0.192 e. The van der Waals surface area contributed by atoms with Crippen molar-refractivity contribution in [2.45, 2.75) is 109 Å². The summed E-state index contributed by atoms with van der Waals surface area (Å²) in [5.41, 5.74) is 0.0142. The van der Waals surface area contributed by atoms with Crippen molar-refractivity contribution in [3.8, 4) is 0 Å². The molecule has 4 rings (SSSR count). The molecule has 0 amide bonds. The molecule has 2 aliphatic carbocycles. The third-order valence-corrected chi connectivity index (χ3v) is 13.1. The molecule has 8 atom stereocenters. The second kappa shape index (κ2) is 5.12. The Labute approximate surface area is 155 Å². The highest BCUT2D eigenvalue weighted by Gasteiger charge is 2.75. The Hall–Kier alpha value is 0.0969. The zero-order chi connectivity index (χ0) is 18.6. The van der Waals surface area contributed by atoms with Crippen LogP contribution in [-0.4, -0.2) is 37.8 Å². The van der Waals surface area contributed by atoms with Crippen LogP contribution in [0.4, 0.5) is 0 Å². The molecule has 4 fully saturated rings. The van der Waals surface area contributed by atoms with Crippen LogP contribution in [-0.2, 0) is 13.9 Å². The fourth-order valence-corrected chi connectivity index (χ4v) is 7.00. The number of ether oxygens (including phenoxy) is 2. The number of epoxide rings is 2. The molecule has 0 bridgehead atoms. The predicted molar refractivity (Wildman–Crippen MR) is 103 cm³/mol. The highest BCUT2D eigenvalue weighted by atomic mass is 28.4. The second-order valence-electron chi connectivity index (χ2n) is 11.4. The van der Waals surface area contributed by atoms with Crippen molar-refractivity contribution >= 4 is 8.32 Å². The summed E-state index contributed by atoms with van der Waals surface area (Å²) >= 11 is 0. The van der Waals surface area contributed by atoms with E-state index in [0.717, 1.165) is 6.42 Å². The fourth-order valence-electron chi connectivity index (χ4n) is 5.62. The first kappa shape index (κ1) is 18.5. The van der Waals surface area contributed by atoms with Gasteiger partial charge in [-0.3, -0.25) is 0 Å². The van der Waals surface area contributed by atoms with E-state index >= 15 is 0 Å².